The van der Waals surface area contributed by atoms with E-state index in [0.717, 1.165) is 36.6 Å². The van der Waals surface area contributed by atoms with Crippen LogP contribution in [-0.4, -0.2) is 17.8 Å². The molecule has 0 bridgehead atoms. The molecular weight excluding hydrogens is 297 g/mol. The van der Waals surface area contributed by atoms with E-state index in [4.69, 9.17) is 0 Å². The van der Waals surface area contributed by atoms with Gasteiger partial charge in [0.05, 0.1) is 5.56 Å². The van der Waals surface area contributed by atoms with Gasteiger partial charge >= 0.3 is 0 Å². The largest absolute Gasteiger partial charge is 0.352 e. The van der Waals surface area contributed by atoms with Crippen molar-refractivity contribution in [3.63, 3.8) is 0 Å². The second-order valence-electron chi connectivity index (χ2n) is 4.34. The Labute approximate surface area is 116 Å². The highest BCUT2D eigenvalue weighted by molar-refractivity contribution is 9.09. The molecule has 0 saturated heterocycles. The predicted octanol–water partition coefficient (Wildman–Crippen LogP) is 3.82. The van der Waals surface area contributed by atoms with Crippen LogP contribution in [0.25, 0.3) is 0 Å². The number of aryl methyl sites for hydroxylation is 1. The van der Waals surface area contributed by atoms with Crippen molar-refractivity contribution in [3.05, 3.63) is 35.1 Å². The zero-order valence-corrected chi connectivity index (χ0v) is 12.2. The van der Waals surface area contributed by atoms with Gasteiger partial charge in [0.15, 0.2) is 0 Å². The lowest BCUT2D eigenvalue weighted by Gasteiger charge is -2.06. The predicted molar refractivity (Wildman–Crippen MR) is 75.7 cm³/mol. The minimum Gasteiger partial charge on any atom is -0.352 e. The Kier molecular flexibility index (Phi) is 6.94. The third-order valence-corrected chi connectivity index (χ3v) is 3.27. The number of rotatable bonds is 7. The van der Waals surface area contributed by atoms with Crippen molar-refractivity contribution in [1.29, 1.82) is 0 Å². The maximum Gasteiger partial charge on any atom is 0.254 e. The number of hydrogen-bond acceptors (Lipinski definition) is 1. The molecule has 0 fully saturated rings. The molecule has 1 aromatic rings. The van der Waals surface area contributed by atoms with Crippen molar-refractivity contribution in [2.75, 3.05) is 11.9 Å². The summed E-state index contributed by atoms with van der Waals surface area (Å²) in [5.74, 6) is -0.783. The van der Waals surface area contributed by atoms with Gasteiger partial charge < -0.3 is 5.32 Å². The number of alkyl halides is 1. The van der Waals surface area contributed by atoms with Crippen LogP contribution in [0.15, 0.2) is 18.2 Å². The number of halogens is 2. The van der Waals surface area contributed by atoms with Crippen LogP contribution in [0.4, 0.5) is 4.39 Å². The lowest BCUT2D eigenvalue weighted by Crippen LogP contribution is -2.25. The number of benzene rings is 1. The minimum absolute atomic E-state index is 0.135. The molecule has 18 heavy (non-hydrogen) atoms. The maximum atomic E-state index is 13.4. The van der Waals surface area contributed by atoms with E-state index in [1.54, 1.807) is 12.1 Å². The highest BCUT2D eigenvalue weighted by Gasteiger charge is 2.10. The normalized spacial score (nSPS) is 10.4. The van der Waals surface area contributed by atoms with Crippen molar-refractivity contribution >= 4 is 21.8 Å². The molecule has 0 unspecified atom stereocenters. The summed E-state index contributed by atoms with van der Waals surface area (Å²) in [5.41, 5.74) is 1.02. The van der Waals surface area contributed by atoms with Gasteiger partial charge in [-0.15, -0.1) is 0 Å². The summed E-state index contributed by atoms with van der Waals surface area (Å²) < 4.78 is 13.4. The van der Waals surface area contributed by atoms with Crippen LogP contribution < -0.4 is 5.32 Å². The molecule has 0 aliphatic heterocycles. The summed E-state index contributed by atoms with van der Waals surface area (Å²) in [5, 5.41) is 3.77. The fraction of sp³-hybridized carbons (Fsp3) is 0.500. The van der Waals surface area contributed by atoms with Crippen LogP contribution >= 0.6 is 15.9 Å². The van der Waals surface area contributed by atoms with Crippen LogP contribution in [0, 0.1) is 12.7 Å². The van der Waals surface area contributed by atoms with Crippen LogP contribution in [0.5, 0.6) is 0 Å². The molecule has 1 rings (SSSR count). The van der Waals surface area contributed by atoms with Gasteiger partial charge in [-0.05, 0) is 31.9 Å². The Morgan fingerprint density at radius 1 is 1.28 bits per heavy atom. The molecule has 1 aromatic carbocycles. The Balaban J connectivity index is 2.34. The van der Waals surface area contributed by atoms with Gasteiger partial charge in [0.2, 0.25) is 0 Å². The summed E-state index contributed by atoms with van der Waals surface area (Å²) >= 11 is 3.38. The number of amides is 1. The molecule has 1 amide bonds. The molecule has 0 aromatic heterocycles. The van der Waals surface area contributed by atoms with E-state index >= 15 is 0 Å². The Hall–Kier alpha value is -0.900. The van der Waals surface area contributed by atoms with E-state index in [-0.39, 0.29) is 11.5 Å². The molecule has 0 heterocycles. The van der Waals surface area contributed by atoms with Crippen LogP contribution in [-0.2, 0) is 0 Å². The van der Waals surface area contributed by atoms with Crippen molar-refractivity contribution in [3.8, 4) is 0 Å². The SMILES string of the molecule is Cc1ccc(F)c(C(=O)NCCCCCCBr)c1. The molecule has 0 aliphatic rings. The van der Waals surface area contributed by atoms with Gasteiger partial charge in [-0.1, -0.05) is 40.4 Å². The molecule has 0 saturated carbocycles. The van der Waals surface area contributed by atoms with E-state index in [0.29, 0.717) is 6.54 Å². The van der Waals surface area contributed by atoms with Crippen LogP contribution in [0.3, 0.4) is 0 Å². The zero-order valence-electron chi connectivity index (χ0n) is 10.6. The average Bonchev–Trinajstić information content (AvgIpc) is 2.36. The molecular formula is C14H19BrFNO. The fourth-order valence-electron chi connectivity index (χ4n) is 1.68. The molecule has 100 valence electrons. The van der Waals surface area contributed by atoms with E-state index in [1.807, 2.05) is 6.92 Å². The van der Waals surface area contributed by atoms with Crippen LogP contribution in [0.2, 0.25) is 0 Å². The third kappa shape index (κ3) is 5.17. The number of carbonyl (C=O) groups is 1. The second-order valence-corrected chi connectivity index (χ2v) is 5.14. The van der Waals surface area contributed by atoms with Crippen molar-refractivity contribution in [1.82, 2.24) is 5.32 Å². The van der Waals surface area contributed by atoms with Gasteiger partial charge in [0, 0.05) is 11.9 Å². The first-order valence-electron chi connectivity index (χ1n) is 6.25. The van der Waals surface area contributed by atoms with E-state index in [9.17, 15) is 9.18 Å². The highest BCUT2D eigenvalue weighted by Crippen LogP contribution is 2.10. The lowest BCUT2D eigenvalue weighted by atomic mass is 10.1. The van der Waals surface area contributed by atoms with Crippen molar-refractivity contribution in [2.45, 2.75) is 32.6 Å². The fourth-order valence-corrected chi connectivity index (χ4v) is 2.08. The number of nitrogens with one attached hydrogen (secondary N) is 1. The first-order chi connectivity index (χ1) is 8.65. The lowest BCUT2D eigenvalue weighted by molar-refractivity contribution is 0.0949. The topological polar surface area (TPSA) is 29.1 Å². The maximum absolute atomic E-state index is 13.4. The molecule has 2 nitrogen and oxygen atoms in total. The Morgan fingerprint density at radius 2 is 2.00 bits per heavy atom. The summed E-state index contributed by atoms with van der Waals surface area (Å²) in [6, 6.07) is 4.57. The molecule has 0 spiro atoms. The molecule has 1 N–H and O–H groups in total. The summed E-state index contributed by atoms with van der Waals surface area (Å²) in [6.07, 6.45) is 4.33. The first-order valence-corrected chi connectivity index (χ1v) is 7.37. The molecule has 0 aliphatic carbocycles. The summed E-state index contributed by atoms with van der Waals surface area (Å²) in [4.78, 5) is 11.7. The third-order valence-electron chi connectivity index (χ3n) is 2.71. The van der Waals surface area contributed by atoms with Gasteiger partial charge in [-0.25, -0.2) is 4.39 Å². The summed E-state index contributed by atoms with van der Waals surface area (Å²) in [6.45, 7) is 2.45. The first kappa shape index (κ1) is 15.2. The van der Waals surface area contributed by atoms with E-state index in [2.05, 4.69) is 21.2 Å². The van der Waals surface area contributed by atoms with Gasteiger partial charge in [0.25, 0.3) is 5.91 Å². The molecule has 0 atom stereocenters. The molecule has 0 radical (unpaired) electrons. The number of hydrogen-bond donors (Lipinski definition) is 1. The van der Waals surface area contributed by atoms with E-state index in [1.165, 1.54) is 6.07 Å². The van der Waals surface area contributed by atoms with E-state index < -0.39 is 5.82 Å². The Bertz CT molecular complexity index is 395. The molecule has 4 heteroatoms. The average molecular weight is 316 g/mol. The Morgan fingerprint density at radius 3 is 2.72 bits per heavy atom. The quantitative estimate of drug-likeness (QED) is 0.601. The second kappa shape index (κ2) is 8.25. The van der Waals surface area contributed by atoms with Gasteiger partial charge in [-0.2, -0.15) is 0 Å². The number of carbonyl (C=O) groups excluding carboxylic acids is 1. The highest BCUT2D eigenvalue weighted by atomic mass is 79.9. The zero-order chi connectivity index (χ0) is 13.4. The smallest absolute Gasteiger partial charge is 0.254 e. The van der Waals surface area contributed by atoms with Crippen molar-refractivity contribution in [2.24, 2.45) is 0 Å². The standard InChI is InChI=1S/C14H19BrFNO/c1-11-6-7-13(16)12(10-11)14(18)17-9-5-3-2-4-8-15/h6-7,10H,2-5,8-9H2,1H3,(H,17,18). The van der Waals surface area contributed by atoms with Crippen molar-refractivity contribution < 1.29 is 9.18 Å². The van der Waals surface area contributed by atoms with Crippen LogP contribution in [0.1, 0.15) is 41.6 Å². The monoisotopic (exact) mass is 315 g/mol. The summed E-state index contributed by atoms with van der Waals surface area (Å²) in [7, 11) is 0. The van der Waals surface area contributed by atoms with Gasteiger partial charge in [-0.3, -0.25) is 4.79 Å². The minimum atomic E-state index is -0.461. The van der Waals surface area contributed by atoms with Gasteiger partial charge in [0.1, 0.15) is 5.82 Å². The number of unbranched alkanes of at least 4 members (excludes halogenated alkanes) is 3.